The largest absolute Gasteiger partial charge is 0.419 e. The van der Waals surface area contributed by atoms with Crippen molar-refractivity contribution in [3.8, 4) is 0 Å². The zero-order valence-corrected chi connectivity index (χ0v) is 21.7. The molecule has 5 rings (SSSR count). The number of hydrogen-bond acceptors (Lipinski definition) is 4. The van der Waals surface area contributed by atoms with Crippen molar-refractivity contribution in [2.24, 2.45) is 4.99 Å². The van der Waals surface area contributed by atoms with Crippen LogP contribution in [0.2, 0.25) is 0 Å². The van der Waals surface area contributed by atoms with Gasteiger partial charge in [0, 0.05) is 31.8 Å². The summed E-state index contributed by atoms with van der Waals surface area (Å²) < 4.78 is 55.8. The number of amidine groups is 1. The van der Waals surface area contributed by atoms with Crippen molar-refractivity contribution >= 4 is 28.9 Å². The number of alkyl halides is 4. The van der Waals surface area contributed by atoms with Crippen molar-refractivity contribution in [1.29, 1.82) is 0 Å². The SMILES string of the molecule is CN(C)Cc1cccc(C2=CN3C(=NC(C(=O)N4CCC(c5ccc(F)cc5)C4)C3Cl)C(C(F)(F)F)=C2)c1. The molecule has 2 aromatic carbocycles. The van der Waals surface area contributed by atoms with Crippen molar-refractivity contribution in [2.45, 2.75) is 36.6 Å². The lowest BCUT2D eigenvalue weighted by Crippen LogP contribution is -2.43. The molecule has 1 saturated heterocycles. The van der Waals surface area contributed by atoms with Crippen LogP contribution in [0.1, 0.15) is 29.0 Å². The standard InChI is InChI=1S/C28H27ClF4N4O/c1-35(2)14-17-4-3-5-19(12-17)21-13-23(28(31,32)33)26-34-24(25(29)37(26)16-21)27(38)36-11-10-20(15-36)18-6-8-22(30)9-7-18/h3-9,12-13,16,20,24-25H,10-11,14-15H2,1-2H3. The predicted molar refractivity (Wildman–Crippen MR) is 139 cm³/mol. The van der Waals surface area contributed by atoms with E-state index < -0.39 is 29.2 Å². The average molecular weight is 547 g/mol. The first-order chi connectivity index (χ1) is 18.0. The topological polar surface area (TPSA) is 39.1 Å². The van der Waals surface area contributed by atoms with E-state index in [0.29, 0.717) is 37.2 Å². The summed E-state index contributed by atoms with van der Waals surface area (Å²) in [5.74, 6) is -1.09. The summed E-state index contributed by atoms with van der Waals surface area (Å²) in [6.07, 6.45) is -1.41. The van der Waals surface area contributed by atoms with Crippen LogP contribution in [0.15, 0.2) is 71.4 Å². The first kappa shape index (κ1) is 26.4. The summed E-state index contributed by atoms with van der Waals surface area (Å²) in [7, 11) is 3.83. The molecule has 1 fully saturated rings. The summed E-state index contributed by atoms with van der Waals surface area (Å²) in [5, 5.41) is 0. The lowest BCUT2D eigenvalue weighted by atomic mass is 9.98. The van der Waals surface area contributed by atoms with Gasteiger partial charge >= 0.3 is 6.18 Å². The van der Waals surface area contributed by atoms with Crippen LogP contribution >= 0.6 is 11.6 Å². The summed E-state index contributed by atoms with van der Waals surface area (Å²) >= 11 is 6.64. The summed E-state index contributed by atoms with van der Waals surface area (Å²) in [6.45, 7) is 1.43. The van der Waals surface area contributed by atoms with Gasteiger partial charge in [0.2, 0.25) is 0 Å². The smallest absolute Gasteiger partial charge is 0.340 e. The van der Waals surface area contributed by atoms with E-state index in [1.807, 2.05) is 31.1 Å². The third-order valence-corrected chi connectivity index (χ3v) is 7.46. The fourth-order valence-electron chi connectivity index (χ4n) is 5.19. The van der Waals surface area contributed by atoms with Crippen LogP contribution < -0.4 is 0 Å². The fourth-order valence-corrected chi connectivity index (χ4v) is 5.50. The highest BCUT2D eigenvalue weighted by molar-refractivity contribution is 6.26. The number of fused-ring (bicyclic) bond motifs is 1. The molecule has 0 spiro atoms. The molecule has 0 N–H and O–H groups in total. The Balaban J connectivity index is 1.41. The molecule has 38 heavy (non-hydrogen) atoms. The Kier molecular flexibility index (Phi) is 7.09. The first-order valence-corrected chi connectivity index (χ1v) is 12.7. The Morgan fingerprint density at radius 3 is 2.58 bits per heavy atom. The number of rotatable bonds is 5. The molecule has 0 bridgehead atoms. The number of allylic oxidation sites excluding steroid dienone is 2. The molecule has 2 aromatic rings. The van der Waals surface area contributed by atoms with Crippen molar-refractivity contribution in [1.82, 2.24) is 14.7 Å². The third-order valence-electron chi connectivity index (χ3n) is 7.01. The van der Waals surface area contributed by atoms with E-state index in [-0.39, 0.29) is 17.6 Å². The third kappa shape index (κ3) is 5.22. The Bertz CT molecular complexity index is 1320. The Labute approximate surface area is 223 Å². The molecule has 0 saturated carbocycles. The molecule has 3 aliphatic rings. The molecule has 0 aromatic heterocycles. The minimum atomic E-state index is -4.69. The average Bonchev–Trinajstić information content (AvgIpc) is 3.48. The summed E-state index contributed by atoms with van der Waals surface area (Å²) in [6, 6.07) is 12.3. The van der Waals surface area contributed by atoms with Gasteiger partial charge in [-0.3, -0.25) is 9.79 Å². The molecule has 3 aliphatic heterocycles. The van der Waals surface area contributed by atoms with Crippen LogP contribution in [0.25, 0.3) is 5.57 Å². The lowest BCUT2D eigenvalue weighted by molar-refractivity contribution is -0.131. The second kappa shape index (κ2) is 10.2. The van der Waals surface area contributed by atoms with E-state index in [9.17, 15) is 22.4 Å². The number of nitrogens with zero attached hydrogens (tertiary/aromatic N) is 4. The number of aliphatic imine (C=N–C) groups is 1. The van der Waals surface area contributed by atoms with E-state index in [1.165, 1.54) is 17.0 Å². The maximum Gasteiger partial charge on any atom is 0.419 e. The summed E-state index contributed by atoms with van der Waals surface area (Å²) in [5.41, 5.74) is 0.786. The van der Waals surface area contributed by atoms with E-state index in [4.69, 9.17) is 11.6 Å². The van der Waals surface area contributed by atoms with Crippen molar-refractivity contribution in [2.75, 3.05) is 27.2 Å². The maximum absolute atomic E-state index is 14.2. The van der Waals surface area contributed by atoms with Gasteiger partial charge in [-0.25, -0.2) is 4.39 Å². The van der Waals surface area contributed by atoms with E-state index in [0.717, 1.165) is 17.2 Å². The van der Waals surface area contributed by atoms with Gasteiger partial charge in [0.1, 0.15) is 17.2 Å². The van der Waals surface area contributed by atoms with Gasteiger partial charge in [0.15, 0.2) is 6.04 Å². The monoisotopic (exact) mass is 546 g/mol. The number of hydrogen-bond donors (Lipinski definition) is 0. The van der Waals surface area contributed by atoms with Crippen LogP contribution in [-0.4, -0.2) is 71.3 Å². The highest BCUT2D eigenvalue weighted by Crippen LogP contribution is 2.40. The van der Waals surface area contributed by atoms with Gasteiger partial charge in [0.05, 0.1) is 5.57 Å². The number of amides is 1. The van der Waals surface area contributed by atoms with Gasteiger partial charge in [0.25, 0.3) is 5.91 Å². The van der Waals surface area contributed by atoms with Crippen LogP contribution in [-0.2, 0) is 11.3 Å². The maximum atomic E-state index is 14.2. The molecule has 200 valence electrons. The van der Waals surface area contributed by atoms with Crippen LogP contribution in [0.4, 0.5) is 17.6 Å². The quantitative estimate of drug-likeness (QED) is 0.287. The van der Waals surface area contributed by atoms with E-state index in [2.05, 4.69) is 4.99 Å². The minimum absolute atomic E-state index is 0.0107. The zero-order valence-electron chi connectivity index (χ0n) is 20.9. The fraction of sp³-hybridized carbons (Fsp3) is 0.357. The second-order valence-corrected chi connectivity index (χ2v) is 10.5. The van der Waals surface area contributed by atoms with Crippen LogP contribution in [0, 0.1) is 5.82 Å². The van der Waals surface area contributed by atoms with Gasteiger partial charge in [-0.15, -0.1) is 0 Å². The molecule has 3 heterocycles. The van der Waals surface area contributed by atoms with Crippen LogP contribution in [0.5, 0.6) is 0 Å². The molecule has 0 radical (unpaired) electrons. The molecule has 3 unspecified atom stereocenters. The normalized spacial score (nSPS) is 23.4. The van der Waals surface area contributed by atoms with Gasteiger partial charge in [-0.1, -0.05) is 41.9 Å². The Morgan fingerprint density at radius 2 is 1.89 bits per heavy atom. The Morgan fingerprint density at radius 1 is 1.16 bits per heavy atom. The van der Waals surface area contributed by atoms with Gasteiger partial charge < -0.3 is 14.7 Å². The van der Waals surface area contributed by atoms with Gasteiger partial charge in [-0.05, 0) is 67.1 Å². The number of likely N-dealkylation sites (tertiary alicyclic amines) is 1. The molecule has 5 nitrogen and oxygen atoms in total. The number of halogens is 5. The lowest BCUT2D eigenvalue weighted by Gasteiger charge is -2.29. The number of carbonyl (C=O) groups is 1. The highest BCUT2D eigenvalue weighted by Gasteiger charge is 2.49. The predicted octanol–water partition coefficient (Wildman–Crippen LogP) is 5.39. The molecular weight excluding hydrogens is 520 g/mol. The first-order valence-electron chi connectivity index (χ1n) is 12.3. The molecule has 0 aliphatic carbocycles. The molecular formula is C28H27ClF4N4O. The van der Waals surface area contributed by atoms with Crippen molar-refractivity contribution in [3.05, 3.63) is 88.9 Å². The van der Waals surface area contributed by atoms with E-state index in [1.54, 1.807) is 35.4 Å². The second-order valence-electron chi connectivity index (χ2n) is 10.1. The van der Waals surface area contributed by atoms with Crippen molar-refractivity contribution in [3.63, 3.8) is 0 Å². The summed E-state index contributed by atoms with van der Waals surface area (Å²) in [4.78, 5) is 22.4. The van der Waals surface area contributed by atoms with Crippen molar-refractivity contribution < 1.29 is 22.4 Å². The zero-order chi connectivity index (χ0) is 27.2. The molecule has 3 atom stereocenters. The Hall–Kier alpha value is -3.17. The number of benzene rings is 2. The van der Waals surface area contributed by atoms with E-state index >= 15 is 0 Å². The molecule has 1 amide bonds. The highest BCUT2D eigenvalue weighted by atomic mass is 35.5. The number of carbonyl (C=O) groups excluding carboxylic acids is 1. The van der Waals surface area contributed by atoms with Gasteiger partial charge in [-0.2, -0.15) is 13.2 Å². The van der Waals surface area contributed by atoms with Crippen LogP contribution in [0.3, 0.4) is 0 Å². The minimum Gasteiger partial charge on any atom is -0.340 e. The molecule has 10 heteroatoms.